The van der Waals surface area contributed by atoms with Crippen LogP contribution in [0.15, 0.2) is 18.2 Å². The van der Waals surface area contributed by atoms with Crippen molar-refractivity contribution >= 4 is 17.2 Å². The van der Waals surface area contributed by atoms with E-state index in [-0.39, 0.29) is 11.9 Å². The van der Waals surface area contributed by atoms with Crippen LogP contribution < -0.4 is 0 Å². The van der Waals surface area contributed by atoms with Gasteiger partial charge in [-0.2, -0.15) is 0 Å². The van der Waals surface area contributed by atoms with Crippen LogP contribution in [0.4, 0.5) is 0 Å². The number of hydrogen-bond acceptors (Lipinski definition) is 3. The molecule has 0 aliphatic carbocycles. The number of carbonyl (C=O) groups excluding carboxylic acids is 1. The molecule has 1 unspecified atom stereocenters. The van der Waals surface area contributed by atoms with Crippen molar-refractivity contribution in [2.45, 2.75) is 53.0 Å². The van der Waals surface area contributed by atoms with E-state index in [4.69, 9.17) is 0 Å². The Morgan fingerprint density at radius 2 is 2.04 bits per heavy atom. The number of amides is 1. The Bertz CT molecular complexity index is 735. The Morgan fingerprint density at radius 1 is 1.26 bits per heavy atom. The highest BCUT2D eigenvalue weighted by atomic mass is 32.1. The number of rotatable bonds is 3. The highest BCUT2D eigenvalue weighted by molar-refractivity contribution is 7.11. The van der Waals surface area contributed by atoms with Gasteiger partial charge < -0.3 is 4.90 Å². The van der Waals surface area contributed by atoms with Crippen molar-refractivity contribution in [2.75, 3.05) is 6.54 Å². The quantitative estimate of drug-likeness (QED) is 0.842. The predicted molar refractivity (Wildman–Crippen MR) is 94.9 cm³/mol. The van der Waals surface area contributed by atoms with E-state index in [1.807, 2.05) is 13.8 Å². The minimum Gasteiger partial charge on any atom is -0.335 e. The summed E-state index contributed by atoms with van der Waals surface area (Å²) in [6.45, 7) is 9.14. The molecule has 3 nitrogen and oxygen atoms in total. The molecule has 23 heavy (non-hydrogen) atoms. The highest BCUT2D eigenvalue weighted by Gasteiger charge is 2.30. The van der Waals surface area contributed by atoms with E-state index in [1.165, 1.54) is 16.7 Å². The van der Waals surface area contributed by atoms with Crippen LogP contribution in [-0.4, -0.2) is 22.3 Å². The third-order valence-corrected chi connectivity index (χ3v) is 5.87. The molecule has 1 saturated heterocycles. The Kier molecular flexibility index (Phi) is 4.53. The average molecular weight is 328 g/mol. The third-order valence-electron chi connectivity index (χ3n) is 4.80. The summed E-state index contributed by atoms with van der Waals surface area (Å²) < 4.78 is 0. The average Bonchev–Trinajstić information content (AvgIpc) is 3.09. The van der Waals surface area contributed by atoms with Crippen LogP contribution in [0, 0.1) is 27.7 Å². The second-order valence-corrected chi connectivity index (χ2v) is 7.79. The largest absolute Gasteiger partial charge is 0.335 e. The monoisotopic (exact) mass is 328 g/mol. The first-order chi connectivity index (χ1) is 11.0. The van der Waals surface area contributed by atoms with Crippen molar-refractivity contribution in [3.05, 3.63) is 50.5 Å². The van der Waals surface area contributed by atoms with Crippen LogP contribution in [0.3, 0.4) is 0 Å². The fourth-order valence-corrected chi connectivity index (χ4v) is 4.29. The Hall–Kier alpha value is -1.68. The molecule has 0 saturated carbocycles. The molecule has 1 aliphatic heterocycles. The van der Waals surface area contributed by atoms with Gasteiger partial charge in [0.25, 0.3) is 0 Å². The molecule has 0 N–H and O–H groups in total. The molecule has 4 heteroatoms. The molecule has 1 aromatic carbocycles. The number of carbonyl (C=O) groups is 1. The molecule has 1 atom stereocenters. The number of aryl methyl sites for hydroxylation is 4. The third kappa shape index (κ3) is 3.32. The Morgan fingerprint density at radius 3 is 2.70 bits per heavy atom. The molecule has 1 aromatic heterocycles. The fraction of sp³-hybridized carbons (Fsp3) is 0.474. The maximum absolute atomic E-state index is 12.8. The van der Waals surface area contributed by atoms with Gasteiger partial charge in [-0.3, -0.25) is 4.79 Å². The molecule has 3 rings (SSSR count). The Labute approximate surface area is 142 Å². The van der Waals surface area contributed by atoms with Crippen LogP contribution in [0.2, 0.25) is 0 Å². The van der Waals surface area contributed by atoms with Gasteiger partial charge in [0.05, 0.1) is 23.2 Å². The smallest absolute Gasteiger partial charge is 0.228 e. The first-order valence-corrected chi connectivity index (χ1v) is 9.07. The number of thiazole rings is 1. The molecule has 2 aromatic rings. The lowest BCUT2D eigenvalue weighted by atomic mass is 9.99. The summed E-state index contributed by atoms with van der Waals surface area (Å²) in [5.74, 6) is 0.234. The maximum Gasteiger partial charge on any atom is 0.228 e. The first kappa shape index (κ1) is 16.2. The predicted octanol–water partition coefficient (Wildman–Crippen LogP) is 4.28. The van der Waals surface area contributed by atoms with E-state index in [9.17, 15) is 4.79 Å². The van der Waals surface area contributed by atoms with E-state index >= 15 is 0 Å². The fourth-order valence-electron chi connectivity index (χ4n) is 3.36. The van der Waals surface area contributed by atoms with Crippen LogP contribution in [0.5, 0.6) is 0 Å². The van der Waals surface area contributed by atoms with Gasteiger partial charge in [0.1, 0.15) is 0 Å². The zero-order valence-corrected chi connectivity index (χ0v) is 15.2. The summed E-state index contributed by atoms with van der Waals surface area (Å²) in [6, 6.07) is 6.83. The van der Waals surface area contributed by atoms with Gasteiger partial charge >= 0.3 is 0 Å². The van der Waals surface area contributed by atoms with Crippen molar-refractivity contribution in [3.63, 3.8) is 0 Å². The van der Waals surface area contributed by atoms with Gasteiger partial charge in [-0.15, -0.1) is 11.3 Å². The lowest BCUT2D eigenvalue weighted by Crippen LogP contribution is -2.31. The van der Waals surface area contributed by atoms with E-state index in [0.717, 1.165) is 35.0 Å². The highest BCUT2D eigenvalue weighted by Crippen LogP contribution is 2.33. The van der Waals surface area contributed by atoms with Crippen molar-refractivity contribution in [2.24, 2.45) is 0 Å². The molecule has 1 fully saturated rings. The number of hydrogen-bond donors (Lipinski definition) is 0. The zero-order chi connectivity index (χ0) is 16.6. The van der Waals surface area contributed by atoms with Crippen molar-refractivity contribution in [1.82, 2.24) is 9.88 Å². The summed E-state index contributed by atoms with van der Waals surface area (Å²) in [7, 11) is 0. The van der Waals surface area contributed by atoms with E-state index in [0.29, 0.717) is 6.42 Å². The van der Waals surface area contributed by atoms with Gasteiger partial charge in [-0.05, 0) is 57.2 Å². The van der Waals surface area contributed by atoms with E-state index in [1.54, 1.807) is 11.3 Å². The normalized spacial score (nSPS) is 17.7. The van der Waals surface area contributed by atoms with Gasteiger partial charge in [0.2, 0.25) is 5.91 Å². The number of nitrogens with zero attached hydrogens (tertiary/aromatic N) is 2. The van der Waals surface area contributed by atoms with Crippen LogP contribution in [-0.2, 0) is 11.2 Å². The summed E-state index contributed by atoms with van der Waals surface area (Å²) in [4.78, 5) is 20.4. The minimum absolute atomic E-state index is 0.233. The van der Waals surface area contributed by atoms with Gasteiger partial charge in [-0.25, -0.2) is 4.98 Å². The number of aromatic nitrogens is 1. The lowest BCUT2D eigenvalue weighted by molar-refractivity contribution is -0.131. The molecule has 122 valence electrons. The molecular weight excluding hydrogens is 304 g/mol. The van der Waals surface area contributed by atoms with Crippen molar-refractivity contribution in [1.29, 1.82) is 0 Å². The van der Waals surface area contributed by atoms with Crippen LogP contribution in [0.25, 0.3) is 0 Å². The summed E-state index contributed by atoms with van der Waals surface area (Å²) in [5, 5.41) is 1.04. The molecule has 1 amide bonds. The molecule has 0 spiro atoms. The second-order valence-electron chi connectivity index (χ2n) is 6.51. The van der Waals surface area contributed by atoms with E-state index < -0.39 is 0 Å². The number of likely N-dealkylation sites (tertiary alicyclic amines) is 1. The molecule has 1 aliphatic rings. The van der Waals surface area contributed by atoms with Crippen LogP contribution in [0.1, 0.15) is 51.2 Å². The molecule has 0 bridgehead atoms. The maximum atomic E-state index is 12.8. The van der Waals surface area contributed by atoms with Gasteiger partial charge in [0, 0.05) is 11.4 Å². The van der Waals surface area contributed by atoms with Gasteiger partial charge in [0.15, 0.2) is 0 Å². The standard InChI is InChI=1S/C19H24N2OS/c1-12-7-8-16(10-13(12)2)17-6-5-9-21(17)19(22)11-18-14(3)20-15(4)23-18/h7-8,10,17H,5-6,9,11H2,1-4H3. The molecule has 2 heterocycles. The van der Waals surface area contributed by atoms with Gasteiger partial charge in [-0.1, -0.05) is 18.2 Å². The van der Waals surface area contributed by atoms with E-state index in [2.05, 4.69) is 41.9 Å². The first-order valence-electron chi connectivity index (χ1n) is 8.25. The zero-order valence-electron chi connectivity index (χ0n) is 14.3. The summed E-state index contributed by atoms with van der Waals surface area (Å²) >= 11 is 1.64. The topological polar surface area (TPSA) is 33.2 Å². The summed E-state index contributed by atoms with van der Waals surface area (Å²) in [5.41, 5.74) is 4.88. The Balaban J connectivity index is 1.79. The lowest BCUT2D eigenvalue weighted by Gasteiger charge is -2.25. The van der Waals surface area contributed by atoms with Crippen molar-refractivity contribution < 1.29 is 4.79 Å². The molecule has 0 radical (unpaired) electrons. The van der Waals surface area contributed by atoms with Crippen LogP contribution >= 0.6 is 11.3 Å². The number of benzene rings is 1. The molecular formula is C19H24N2OS. The second kappa shape index (κ2) is 6.44. The SMILES string of the molecule is Cc1nc(C)c(CC(=O)N2CCCC2c2ccc(C)c(C)c2)s1. The minimum atomic E-state index is 0.233. The van der Waals surface area contributed by atoms with Crippen molar-refractivity contribution in [3.8, 4) is 0 Å². The summed E-state index contributed by atoms with van der Waals surface area (Å²) in [6.07, 6.45) is 2.64.